The lowest BCUT2D eigenvalue weighted by atomic mass is 9.98. The molecule has 2 rings (SSSR count). The molecule has 0 aliphatic carbocycles. The standard InChI is InChI=1S/C15H24N2O2/c1-18-14-3-4-15(19-2)13(9-14)11-17-10-12-5-7-16-8-6-12/h3-4,9,12,16-17H,5-8,10-11H2,1-2H3. The summed E-state index contributed by atoms with van der Waals surface area (Å²) in [4.78, 5) is 0. The van der Waals surface area contributed by atoms with E-state index in [1.165, 1.54) is 12.8 Å². The second-order valence-electron chi connectivity index (χ2n) is 5.00. The Morgan fingerprint density at radius 2 is 2.00 bits per heavy atom. The van der Waals surface area contributed by atoms with Gasteiger partial charge >= 0.3 is 0 Å². The van der Waals surface area contributed by atoms with Crippen molar-refractivity contribution in [1.29, 1.82) is 0 Å². The third-order valence-corrected chi connectivity index (χ3v) is 3.69. The van der Waals surface area contributed by atoms with E-state index < -0.39 is 0 Å². The smallest absolute Gasteiger partial charge is 0.123 e. The lowest BCUT2D eigenvalue weighted by molar-refractivity contribution is 0.353. The second-order valence-corrected chi connectivity index (χ2v) is 5.00. The van der Waals surface area contributed by atoms with Crippen molar-refractivity contribution in [3.63, 3.8) is 0 Å². The van der Waals surface area contributed by atoms with Crippen LogP contribution in [0.3, 0.4) is 0 Å². The molecule has 1 aliphatic rings. The Kier molecular flexibility index (Phi) is 5.48. The number of piperidine rings is 1. The summed E-state index contributed by atoms with van der Waals surface area (Å²) in [5.41, 5.74) is 1.15. The van der Waals surface area contributed by atoms with Gasteiger partial charge in [0.05, 0.1) is 14.2 Å². The van der Waals surface area contributed by atoms with Crippen molar-refractivity contribution in [1.82, 2.24) is 10.6 Å². The van der Waals surface area contributed by atoms with Crippen LogP contribution >= 0.6 is 0 Å². The highest BCUT2D eigenvalue weighted by atomic mass is 16.5. The van der Waals surface area contributed by atoms with Crippen LogP contribution in [-0.4, -0.2) is 33.9 Å². The molecule has 0 radical (unpaired) electrons. The predicted octanol–water partition coefficient (Wildman–Crippen LogP) is 1.79. The van der Waals surface area contributed by atoms with Crippen molar-refractivity contribution in [2.24, 2.45) is 5.92 Å². The van der Waals surface area contributed by atoms with Crippen LogP contribution in [0.2, 0.25) is 0 Å². The summed E-state index contributed by atoms with van der Waals surface area (Å²) in [6.45, 7) is 4.19. The maximum absolute atomic E-state index is 5.38. The lowest BCUT2D eigenvalue weighted by Crippen LogP contribution is -2.33. The molecule has 1 saturated heterocycles. The van der Waals surface area contributed by atoms with Crippen molar-refractivity contribution in [3.05, 3.63) is 23.8 Å². The van der Waals surface area contributed by atoms with Gasteiger partial charge in [-0.05, 0) is 56.6 Å². The predicted molar refractivity (Wildman–Crippen MR) is 76.8 cm³/mol. The van der Waals surface area contributed by atoms with Crippen LogP contribution in [0.4, 0.5) is 0 Å². The summed E-state index contributed by atoms with van der Waals surface area (Å²) in [5.74, 6) is 2.58. The van der Waals surface area contributed by atoms with E-state index in [9.17, 15) is 0 Å². The zero-order valence-corrected chi connectivity index (χ0v) is 11.9. The number of ether oxygens (including phenoxy) is 2. The Hall–Kier alpha value is -1.26. The molecule has 0 atom stereocenters. The van der Waals surface area contributed by atoms with Gasteiger partial charge in [-0.25, -0.2) is 0 Å². The highest BCUT2D eigenvalue weighted by molar-refractivity contribution is 5.40. The van der Waals surface area contributed by atoms with Crippen LogP contribution in [0.1, 0.15) is 18.4 Å². The van der Waals surface area contributed by atoms with Crippen LogP contribution in [0.5, 0.6) is 11.5 Å². The third-order valence-electron chi connectivity index (χ3n) is 3.69. The Balaban J connectivity index is 1.86. The Labute approximate surface area is 115 Å². The number of benzene rings is 1. The van der Waals surface area contributed by atoms with Crippen LogP contribution in [0.15, 0.2) is 18.2 Å². The molecule has 1 aromatic carbocycles. The van der Waals surface area contributed by atoms with Crippen LogP contribution < -0.4 is 20.1 Å². The molecule has 4 heteroatoms. The molecule has 2 N–H and O–H groups in total. The summed E-state index contributed by atoms with van der Waals surface area (Å²) in [6, 6.07) is 5.92. The maximum atomic E-state index is 5.38. The third kappa shape index (κ3) is 4.11. The minimum atomic E-state index is 0.790. The van der Waals surface area contributed by atoms with E-state index in [4.69, 9.17) is 9.47 Å². The van der Waals surface area contributed by atoms with E-state index in [1.54, 1.807) is 14.2 Å². The van der Waals surface area contributed by atoms with Gasteiger partial charge in [-0.1, -0.05) is 0 Å². The molecule has 0 amide bonds. The average molecular weight is 264 g/mol. The van der Waals surface area contributed by atoms with Gasteiger partial charge in [0, 0.05) is 12.1 Å². The van der Waals surface area contributed by atoms with E-state index in [2.05, 4.69) is 10.6 Å². The molecule has 0 unspecified atom stereocenters. The van der Waals surface area contributed by atoms with Gasteiger partial charge in [0.15, 0.2) is 0 Å². The zero-order valence-electron chi connectivity index (χ0n) is 11.9. The highest BCUT2D eigenvalue weighted by Crippen LogP contribution is 2.23. The number of rotatable bonds is 6. The molecule has 0 saturated carbocycles. The van der Waals surface area contributed by atoms with E-state index in [1.807, 2.05) is 18.2 Å². The molecule has 19 heavy (non-hydrogen) atoms. The second kappa shape index (κ2) is 7.36. The quantitative estimate of drug-likeness (QED) is 0.822. The molecule has 1 aliphatic heterocycles. The molecule has 1 aromatic rings. The molecule has 1 heterocycles. The SMILES string of the molecule is COc1ccc(OC)c(CNCC2CCNCC2)c1. The van der Waals surface area contributed by atoms with Crippen molar-refractivity contribution < 1.29 is 9.47 Å². The van der Waals surface area contributed by atoms with Gasteiger partial charge in [0.1, 0.15) is 11.5 Å². The number of methoxy groups -OCH3 is 2. The topological polar surface area (TPSA) is 42.5 Å². The van der Waals surface area contributed by atoms with Crippen LogP contribution in [0.25, 0.3) is 0 Å². The van der Waals surface area contributed by atoms with Gasteiger partial charge < -0.3 is 20.1 Å². The molecule has 106 valence electrons. The van der Waals surface area contributed by atoms with Crippen molar-refractivity contribution >= 4 is 0 Å². The highest BCUT2D eigenvalue weighted by Gasteiger charge is 2.12. The lowest BCUT2D eigenvalue weighted by Gasteiger charge is -2.23. The summed E-state index contributed by atoms with van der Waals surface area (Å²) < 4.78 is 10.6. The van der Waals surface area contributed by atoms with Crippen LogP contribution in [-0.2, 0) is 6.54 Å². The van der Waals surface area contributed by atoms with Gasteiger partial charge in [0.2, 0.25) is 0 Å². The number of hydrogen-bond donors (Lipinski definition) is 2. The van der Waals surface area contributed by atoms with E-state index in [0.717, 1.165) is 49.2 Å². The summed E-state index contributed by atoms with van der Waals surface area (Å²) in [7, 11) is 3.40. The van der Waals surface area contributed by atoms with Crippen molar-refractivity contribution in [3.8, 4) is 11.5 Å². The van der Waals surface area contributed by atoms with E-state index in [-0.39, 0.29) is 0 Å². The van der Waals surface area contributed by atoms with Crippen molar-refractivity contribution in [2.45, 2.75) is 19.4 Å². The fraction of sp³-hybridized carbons (Fsp3) is 0.600. The minimum absolute atomic E-state index is 0.790. The number of hydrogen-bond acceptors (Lipinski definition) is 4. The molecule has 0 bridgehead atoms. The van der Waals surface area contributed by atoms with Gasteiger partial charge in [0.25, 0.3) is 0 Å². The Bertz CT molecular complexity index is 390. The summed E-state index contributed by atoms with van der Waals surface area (Å²) in [5, 5.41) is 6.93. The fourth-order valence-electron chi connectivity index (χ4n) is 2.52. The first-order valence-electron chi connectivity index (χ1n) is 6.96. The monoisotopic (exact) mass is 264 g/mol. The normalized spacial score (nSPS) is 16.3. The maximum Gasteiger partial charge on any atom is 0.123 e. The molecule has 1 fully saturated rings. The first kappa shape index (κ1) is 14.2. The molecular weight excluding hydrogens is 240 g/mol. The zero-order chi connectivity index (χ0) is 13.5. The number of nitrogens with one attached hydrogen (secondary N) is 2. The first-order valence-corrected chi connectivity index (χ1v) is 6.96. The summed E-state index contributed by atoms with van der Waals surface area (Å²) >= 11 is 0. The van der Waals surface area contributed by atoms with Crippen molar-refractivity contribution in [2.75, 3.05) is 33.9 Å². The summed E-state index contributed by atoms with van der Waals surface area (Å²) in [6.07, 6.45) is 2.53. The van der Waals surface area contributed by atoms with Gasteiger partial charge in [-0.2, -0.15) is 0 Å². The largest absolute Gasteiger partial charge is 0.497 e. The molecule has 4 nitrogen and oxygen atoms in total. The first-order chi connectivity index (χ1) is 9.33. The van der Waals surface area contributed by atoms with Crippen LogP contribution in [0, 0.1) is 5.92 Å². The Morgan fingerprint density at radius 3 is 2.68 bits per heavy atom. The molecular formula is C15H24N2O2. The minimum Gasteiger partial charge on any atom is -0.497 e. The fourth-order valence-corrected chi connectivity index (χ4v) is 2.52. The Morgan fingerprint density at radius 1 is 1.21 bits per heavy atom. The van der Waals surface area contributed by atoms with Gasteiger partial charge in [-0.3, -0.25) is 0 Å². The van der Waals surface area contributed by atoms with E-state index in [0.29, 0.717) is 0 Å². The average Bonchev–Trinajstić information content (AvgIpc) is 2.48. The van der Waals surface area contributed by atoms with E-state index >= 15 is 0 Å². The van der Waals surface area contributed by atoms with Gasteiger partial charge in [-0.15, -0.1) is 0 Å². The molecule has 0 aromatic heterocycles. The molecule has 0 spiro atoms.